The van der Waals surface area contributed by atoms with E-state index >= 15 is 0 Å². The Morgan fingerprint density at radius 3 is 1.76 bits per heavy atom. The zero-order chi connectivity index (χ0) is 28.6. The van der Waals surface area contributed by atoms with Crippen molar-refractivity contribution in [2.45, 2.75) is 32.6 Å². The third-order valence-electron chi connectivity index (χ3n) is 4.08. The molecule has 0 aromatic rings. The van der Waals surface area contributed by atoms with Gasteiger partial charge < -0.3 is 29.5 Å². The first-order chi connectivity index (χ1) is 17.6. The molecule has 0 radical (unpaired) electrons. The molecule has 0 saturated carbocycles. The lowest BCUT2D eigenvalue weighted by Crippen LogP contribution is -2.35. The number of amides is 6. The van der Waals surface area contributed by atoms with Crippen LogP contribution in [0.4, 0.5) is 9.59 Å². The zero-order valence-electron chi connectivity index (χ0n) is 21.5. The van der Waals surface area contributed by atoms with E-state index in [0.29, 0.717) is 31.1 Å². The van der Waals surface area contributed by atoms with Gasteiger partial charge in [-0.15, -0.1) is 0 Å². The Labute approximate surface area is 215 Å². The quantitative estimate of drug-likeness (QED) is 0.238. The van der Waals surface area contributed by atoms with Crippen LogP contribution in [0.5, 0.6) is 0 Å². The van der Waals surface area contributed by atoms with E-state index in [2.05, 4.69) is 15.2 Å². The van der Waals surface area contributed by atoms with Gasteiger partial charge in [-0.05, 0) is 26.2 Å². The second-order valence-electron chi connectivity index (χ2n) is 6.71. The number of hydrogen-bond acceptors (Lipinski definition) is 11. The Kier molecular flexibility index (Phi) is 21.5. The standard InChI is InChI=1S/C10H15NO3.C6H5NO4.C5H10O2.C2H5NO2/c1-14-8-4-2-3-7-11-9(12)5-6-10(11)13;1-11-6(10)7-4(8)2-3-5(7)9;1-2-7-5-3-4-6;1-5-2(3)4/h5-6H,2-4,7-8H2,1H3;2-3H,1H3;4H,2-3,5H2,1H3;1H3,(H2,3,4). The Bertz CT molecular complexity index is 789. The highest BCUT2D eigenvalue weighted by Crippen LogP contribution is 2.06. The van der Waals surface area contributed by atoms with Crippen molar-refractivity contribution >= 4 is 42.1 Å². The van der Waals surface area contributed by atoms with E-state index < -0.39 is 24.0 Å². The van der Waals surface area contributed by atoms with Crippen LogP contribution in [-0.4, -0.2) is 99.6 Å². The number of nitrogens with two attached hydrogens (primary N) is 1. The SMILES string of the molecule is CCOCCC=O.COC(=O)N1C(=O)C=CC1=O.COC(N)=O.COCCCCCN1C(=O)C=CC1=O. The minimum atomic E-state index is -0.954. The van der Waals surface area contributed by atoms with Crippen molar-refractivity contribution in [2.75, 3.05) is 47.7 Å². The van der Waals surface area contributed by atoms with Gasteiger partial charge in [-0.2, -0.15) is 4.90 Å². The summed E-state index contributed by atoms with van der Waals surface area (Å²) < 4.78 is 17.8. The van der Waals surface area contributed by atoms with Crippen molar-refractivity contribution in [1.82, 2.24) is 9.80 Å². The van der Waals surface area contributed by atoms with E-state index in [1.54, 1.807) is 7.11 Å². The van der Waals surface area contributed by atoms with Crippen LogP contribution in [0.2, 0.25) is 0 Å². The summed E-state index contributed by atoms with van der Waals surface area (Å²) in [5.41, 5.74) is 4.43. The van der Waals surface area contributed by atoms with Crippen LogP contribution < -0.4 is 5.73 Å². The fourth-order valence-corrected chi connectivity index (χ4v) is 2.29. The lowest BCUT2D eigenvalue weighted by molar-refractivity contribution is -0.137. The number of aldehydes is 1. The first kappa shape index (κ1) is 35.3. The average molecular weight is 530 g/mol. The average Bonchev–Trinajstić information content (AvgIpc) is 3.39. The number of nitrogens with zero attached hydrogens (tertiary/aromatic N) is 2. The number of carbonyl (C=O) groups is 7. The first-order valence-electron chi connectivity index (χ1n) is 11.1. The molecular formula is C23H35N3O11. The van der Waals surface area contributed by atoms with E-state index in [0.717, 1.165) is 51.4 Å². The molecule has 2 heterocycles. The first-order valence-corrected chi connectivity index (χ1v) is 11.1. The number of unbranched alkanes of at least 4 members (excludes halogenated alkanes) is 2. The fraction of sp³-hybridized carbons (Fsp3) is 0.522. The van der Waals surface area contributed by atoms with Crippen LogP contribution >= 0.6 is 0 Å². The van der Waals surface area contributed by atoms with Gasteiger partial charge in [-0.1, -0.05) is 0 Å². The van der Waals surface area contributed by atoms with Gasteiger partial charge in [0.25, 0.3) is 23.6 Å². The van der Waals surface area contributed by atoms with Crippen molar-refractivity contribution < 1.29 is 52.5 Å². The molecule has 14 heteroatoms. The predicted octanol–water partition coefficient (Wildman–Crippen LogP) is 0.729. The molecule has 0 atom stereocenters. The second kappa shape index (κ2) is 22.5. The van der Waals surface area contributed by atoms with Crippen LogP contribution in [-0.2, 0) is 42.9 Å². The summed E-state index contributed by atoms with van der Waals surface area (Å²) in [6.45, 7) is 4.44. The molecule has 0 aliphatic carbocycles. The summed E-state index contributed by atoms with van der Waals surface area (Å²) >= 11 is 0. The zero-order valence-corrected chi connectivity index (χ0v) is 21.5. The maximum Gasteiger partial charge on any atom is 0.423 e. The number of carbonyl (C=O) groups excluding carboxylic acids is 7. The van der Waals surface area contributed by atoms with Gasteiger partial charge >= 0.3 is 12.2 Å². The van der Waals surface area contributed by atoms with Crippen LogP contribution in [0.1, 0.15) is 32.6 Å². The van der Waals surface area contributed by atoms with Gasteiger partial charge in [0.05, 0.1) is 20.8 Å². The van der Waals surface area contributed by atoms with Crippen LogP contribution in [0.25, 0.3) is 0 Å². The van der Waals surface area contributed by atoms with Gasteiger partial charge in [0, 0.05) is 57.6 Å². The lowest BCUT2D eigenvalue weighted by atomic mass is 10.2. The molecule has 14 nitrogen and oxygen atoms in total. The van der Waals surface area contributed by atoms with E-state index in [4.69, 9.17) is 9.47 Å². The summed E-state index contributed by atoms with van der Waals surface area (Å²) in [4.78, 5) is 74.9. The van der Waals surface area contributed by atoms with E-state index in [-0.39, 0.29) is 11.8 Å². The molecule has 0 aromatic carbocycles. The molecule has 0 fully saturated rings. The molecule has 0 spiro atoms. The monoisotopic (exact) mass is 529 g/mol. The molecule has 0 aromatic heterocycles. The van der Waals surface area contributed by atoms with Crippen molar-refractivity contribution in [3.8, 4) is 0 Å². The highest BCUT2D eigenvalue weighted by Gasteiger charge is 2.30. The number of hydrogen-bond donors (Lipinski definition) is 1. The summed E-state index contributed by atoms with van der Waals surface area (Å²) in [6.07, 6.45) is 7.14. The molecular weight excluding hydrogens is 494 g/mol. The van der Waals surface area contributed by atoms with Crippen molar-refractivity contribution in [3.63, 3.8) is 0 Å². The molecule has 0 bridgehead atoms. The summed E-state index contributed by atoms with van der Waals surface area (Å²) in [5.74, 6) is -1.72. The fourth-order valence-electron chi connectivity index (χ4n) is 2.29. The number of primary amides is 1. The number of methoxy groups -OCH3 is 3. The Balaban J connectivity index is 0. The van der Waals surface area contributed by atoms with Crippen molar-refractivity contribution in [1.29, 1.82) is 0 Å². The molecule has 208 valence electrons. The van der Waals surface area contributed by atoms with E-state index in [9.17, 15) is 33.6 Å². The van der Waals surface area contributed by atoms with Gasteiger partial charge in [0.1, 0.15) is 6.29 Å². The largest absolute Gasteiger partial charge is 0.453 e. The van der Waals surface area contributed by atoms with Gasteiger partial charge in [0.2, 0.25) is 0 Å². The van der Waals surface area contributed by atoms with E-state index in [1.807, 2.05) is 6.92 Å². The van der Waals surface area contributed by atoms with Crippen LogP contribution in [0.15, 0.2) is 24.3 Å². The minimum Gasteiger partial charge on any atom is -0.453 e. The third-order valence-corrected chi connectivity index (χ3v) is 4.08. The molecule has 2 aliphatic rings. The molecule has 6 amide bonds. The topological polar surface area (TPSA) is 189 Å². The molecule has 2 aliphatic heterocycles. The van der Waals surface area contributed by atoms with Crippen LogP contribution in [0.3, 0.4) is 0 Å². The van der Waals surface area contributed by atoms with Crippen molar-refractivity contribution in [3.05, 3.63) is 24.3 Å². The second-order valence-corrected chi connectivity index (χ2v) is 6.71. The highest BCUT2D eigenvalue weighted by molar-refractivity contribution is 6.21. The summed E-state index contributed by atoms with van der Waals surface area (Å²) in [6, 6.07) is 0. The van der Waals surface area contributed by atoms with E-state index in [1.165, 1.54) is 24.2 Å². The molecule has 2 rings (SSSR count). The lowest BCUT2D eigenvalue weighted by Gasteiger charge is -2.12. The summed E-state index contributed by atoms with van der Waals surface area (Å²) in [7, 11) is 3.99. The Morgan fingerprint density at radius 2 is 1.35 bits per heavy atom. The Hall–Kier alpha value is -3.91. The third kappa shape index (κ3) is 17.2. The smallest absolute Gasteiger partial charge is 0.423 e. The molecule has 0 saturated heterocycles. The molecule has 2 N–H and O–H groups in total. The minimum absolute atomic E-state index is 0.193. The normalized spacial score (nSPS) is 13.2. The van der Waals surface area contributed by atoms with Gasteiger partial charge in [-0.25, -0.2) is 9.59 Å². The number of rotatable bonds is 10. The van der Waals surface area contributed by atoms with Crippen LogP contribution in [0, 0.1) is 0 Å². The molecule has 37 heavy (non-hydrogen) atoms. The number of imide groups is 4. The number of ether oxygens (including phenoxy) is 4. The van der Waals surface area contributed by atoms with Gasteiger partial charge in [-0.3, -0.25) is 24.1 Å². The predicted molar refractivity (Wildman–Crippen MR) is 129 cm³/mol. The maximum absolute atomic E-state index is 11.1. The van der Waals surface area contributed by atoms with Crippen molar-refractivity contribution in [2.24, 2.45) is 5.73 Å². The highest BCUT2D eigenvalue weighted by atomic mass is 16.5. The molecule has 0 unspecified atom stereocenters. The maximum atomic E-state index is 11.1. The Morgan fingerprint density at radius 1 is 0.838 bits per heavy atom. The van der Waals surface area contributed by atoms with Gasteiger partial charge in [0.15, 0.2) is 0 Å². The summed E-state index contributed by atoms with van der Waals surface area (Å²) in [5, 5.41) is 0.